The van der Waals surface area contributed by atoms with E-state index in [0.29, 0.717) is 26.0 Å². The van der Waals surface area contributed by atoms with E-state index in [1.54, 1.807) is 0 Å². The van der Waals surface area contributed by atoms with Crippen molar-refractivity contribution in [2.45, 2.75) is 51.5 Å². The second-order valence-corrected chi connectivity index (χ2v) is 7.81. The summed E-state index contributed by atoms with van der Waals surface area (Å²) in [6.07, 6.45) is 4.18. The Morgan fingerprint density at radius 2 is 2.18 bits per heavy atom. The van der Waals surface area contributed by atoms with Gasteiger partial charge in [0.2, 0.25) is 5.91 Å². The highest BCUT2D eigenvalue weighted by Crippen LogP contribution is 2.38. The van der Waals surface area contributed by atoms with Gasteiger partial charge in [0.05, 0.1) is 6.61 Å². The number of ether oxygens (including phenoxy) is 1. The first-order valence-corrected chi connectivity index (χ1v) is 10.0. The molecular weight excluding hydrogens is 358 g/mol. The fourth-order valence-electron chi connectivity index (χ4n) is 4.03. The minimum Gasteiger partial charge on any atom is -0.494 e. The highest BCUT2D eigenvalue weighted by molar-refractivity contribution is 6.09. The van der Waals surface area contributed by atoms with Crippen molar-refractivity contribution in [1.82, 2.24) is 15.5 Å². The second kappa shape index (κ2) is 8.63. The van der Waals surface area contributed by atoms with E-state index < -0.39 is 11.6 Å². The van der Waals surface area contributed by atoms with Crippen LogP contribution in [0.3, 0.4) is 0 Å². The van der Waals surface area contributed by atoms with Gasteiger partial charge in [-0.15, -0.1) is 0 Å². The highest BCUT2D eigenvalue weighted by Gasteiger charge is 2.55. The predicted octanol–water partition coefficient (Wildman–Crippen LogP) is 2.38. The van der Waals surface area contributed by atoms with E-state index in [1.165, 1.54) is 0 Å². The number of hydrogen-bond donors (Lipinski definition) is 2. The Bertz CT molecular complexity index is 751. The number of imide groups is 1. The van der Waals surface area contributed by atoms with Gasteiger partial charge >= 0.3 is 6.03 Å². The fraction of sp³-hybridized carbons (Fsp3) is 0.571. The van der Waals surface area contributed by atoms with Gasteiger partial charge in [0, 0.05) is 6.54 Å². The van der Waals surface area contributed by atoms with Crippen molar-refractivity contribution in [1.29, 1.82) is 0 Å². The molecule has 1 aromatic carbocycles. The molecule has 2 N–H and O–H groups in total. The summed E-state index contributed by atoms with van der Waals surface area (Å²) < 4.78 is 5.64. The lowest BCUT2D eigenvalue weighted by Gasteiger charge is -2.36. The van der Waals surface area contributed by atoms with Crippen molar-refractivity contribution < 1.29 is 19.1 Å². The number of urea groups is 1. The lowest BCUT2D eigenvalue weighted by Crippen LogP contribution is -2.54. The van der Waals surface area contributed by atoms with Crippen LogP contribution in [0.1, 0.15) is 44.6 Å². The van der Waals surface area contributed by atoms with Gasteiger partial charge in [-0.25, -0.2) is 4.79 Å². The standard InChI is InChI=1S/C21H29N3O4/c1-15-7-5-9-17(13-15)28-12-6-11-22-18(25)14-24-19(26)21(23-20(24)27)10-4-3-8-16(21)2/h5,7,9,13,16H,3-4,6,8,10-12,14H2,1-2H3,(H,22,25)(H,23,27)/t16-,21-/m0/s1. The van der Waals surface area contributed by atoms with Gasteiger partial charge in [0.1, 0.15) is 17.8 Å². The third-order valence-corrected chi connectivity index (χ3v) is 5.70. The molecule has 28 heavy (non-hydrogen) atoms. The van der Waals surface area contributed by atoms with Crippen molar-refractivity contribution in [2.24, 2.45) is 5.92 Å². The molecule has 1 aliphatic heterocycles. The van der Waals surface area contributed by atoms with Crippen molar-refractivity contribution in [3.63, 3.8) is 0 Å². The number of benzene rings is 1. The Morgan fingerprint density at radius 3 is 2.93 bits per heavy atom. The molecule has 152 valence electrons. The summed E-state index contributed by atoms with van der Waals surface area (Å²) in [5.74, 6) is 0.296. The van der Waals surface area contributed by atoms with Gasteiger partial charge < -0.3 is 15.4 Å². The molecule has 7 heteroatoms. The van der Waals surface area contributed by atoms with Crippen molar-refractivity contribution in [2.75, 3.05) is 19.7 Å². The van der Waals surface area contributed by atoms with Crippen LogP contribution in [-0.2, 0) is 9.59 Å². The molecule has 2 atom stereocenters. The van der Waals surface area contributed by atoms with Crippen LogP contribution in [0.25, 0.3) is 0 Å². The largest absolute Gasteiger partial charge is 0.494 e. The molecule has 1 heterocycles. The maximum atomic E-state index is 12.8. The van der Waals surface area contributed by atoms with E-state index >= 15 is 0 Å². The maximum absolute atomic E-state index is 12.8. The molecule has 2 aliphatic rings. The van der Waals surface area contributed by atoms with Gasteiger partial charge in [-0.05, 0) is 49.8 Å². The smallest absolute Gasteiger partial charge is 0.325 e. The van der Waals surface area contributed by atoms with Crippen molar-refractivity contribution in [3.05, 3.63) is 29.8 Å². The van der Waals surface area contributed by atoms with Crippen LogP contribution in [0.2, 0.25) is 0 Å². The number of nitrogens with zero attached hydrogens (tertiary/aromatic N) is 1. The molecule has 3 rings (SSSR count). The zero-order chi connectivity index (χ0) is 20.1. The van der Waals surface area contributed by atoms with Gasteiger partial charge in [-0.1, -0.05) is 31.9 Å². The summed E-state index contributed by atoms with van der Waals surface area (Å²) in [5.41, 5.74) is 0.307. The van der Waals surface area contributed by atoms with E-state index in [-0.39, 0.29) is 24.3 Å². The van der Waals surface area contributed by atoms with Crippen LogP contribution in [0.5, 0.6) is 5.75 Å². The lowest BCUT2D eigenvalue weighted by molar-refractivity contribution is -0.137. The number of amides is 4. The number of hydrogen-bond acceptors (Lipinski definition) is 4. The van der Waals surface area contributed by atoms with E-state index in [0.717, 1.165) is 35.5 Å². The normalized spacial score (nSPS) is 24.4. The molecule has 1 aromatic rings. The number of carbonyl (C=O) groups excluding carboxylic acids is 3. The third kappa shape index (κ3) is 4.29. The summed E-state index contributed by atoms with van der Waals surface area (Å²) in [6, 6.07) is 7.33. The minimum atomic E-state index is -0.822. The van der Waals surface area contributed by atoms with E-state index in [9.17, 15) is 14.4 Å². The second-order valence-electron chi connectivity index (χ2n) is 7.81. The zero-order valence-corrected chi connectivity index (χ0v) is 16.6. The van der Waals surface area contributed by atoms with Crippen LogP contribution in [0, 0.1) is 12.8 Å². The average Bonchev–Trinajstić information content (AvgIpc) is 2.89. The van der Waals surface area contributed by atoms with Crippen LogP contribution >= 0.6 is 0 Å². The van der Waals surface area contributed by atoms with Crippen LogP contribution < -0.4 is 15.4 Å². The third-order valence-electron chi connectivity index (χ3n) is 5.70. The predicted molar refractivity (Wildman–Crippen MR) is 105 cm³/mol. The first kappa shape index (κ1) is 20.2. The van der Waals surface area contributed by atoms with Crippen LogP contribution in [0.15, 0.2) is 24.3 Å². The van der Waals surface area contributed by atoms with E-state index in [1.807, 2.05) is 38.1 Å². The van der Waals surface area contributed by atoms with E-state index in [2.05, 4.69) is 10.6 Å². The Labute approximate surface area is 165 Å². The molecule has 1 saturated carbocycles. The van der Waals surface area contributed by atoms with Gasteiger partial charge in [0.15, 0.2) is 0 Å². The first-order valence-electron chi connectivity index (χ1n) is 10.0. The topological polar surface area (TPSA) is 87.7 Å². The first-order chi connectivity index (χ1) is 13.4. The Balaban J connectivity index is 1.42. The Kier molecular flexibility index (Phi) is 6.21. The lowest BCUT2D eigenvalue weighted by atomic mass is 9.73. The van der Waals surface area contributed by atoms with Crippen molar-refractivity contribution >= 4 is 17.8 Å². The minimum absolute atomic E-state index is 0.0875. The molecule has 0 bridgehead atoms. The highest BCUT2D eigenvalue weighted by atomic mass is 16.5. The summed E-state index contributed by atoms with van der Waals surface area (Å²) in [6.45, 7) is 4.66. The van der Waals surface area contributed by atoms with Crippen LogP contribution in [0.4, 0.5) is 4.79 Å². The molecule has 1 saturated heterocycles. The summed E-state index contributed by atoms with van der Waals surface area (Å²) in [4.78, 5) is 38.4. The number of carbonyl (C=O) groups is 3. The molecule has 0 aromatic heterocycles. The van der Waals surface area contributed by atoms with Gasteiger partial charge in [-0.3, -0.25) is 14.5 Å². The molecule has 1 spiro atoms. The Hall–Kier alpha value is -2.57. The van der Waals surface area contributed by atoms with Gasteiger partial charge in [0.25, 0.3) is 5.91 Å². The zero-order valence-electron chi connectivity index (χ0n) is 16.6. The average molecular weight is 387 g/mol. The van der Waals surface area contributed by atoms with Crippen molar-refractivity contribution in [3.8, 4) is 5.75 Å². The summed E-state index contributed by atoms with van der Waals surface area (Å²) in [5, 5.41) is 5.62. The number of aryl methyl sites for hydroxylation is 1. The monoisotopic (exact) mass is 387 g/mol. The molecule has 1 aliphatic carbocycles. The fourth-order valence-corrected chi connectivity index (χ4v) is 4.03. The number of rotatable bonds is 7. The molecule has 2 fully saturated rings. The molecule has 4 amide bonds. The van der Waals surface area contributed by atoms with Crippen LogP contribution in [-0.4, -0.2) is 48.0 Å². The van der Waals surface area contributed by atoms with E-state index in [4.69, 9.17) is 4.74 Å². The molecular formula is C21H29N3O4. The maximum Gasteiger partial charge on any atom is 0.325 e. The SMILES string of the molecule is Cc1cccc(OCCCNC(=O)CN2C(=O)N[C@]3(CCCC[C@@H]3C)C2=O)c1. The molecule has 7 nitrogen and oxygen atoms in total. The number of nitrogens with one attached hydrogen (secondary N) is 2. The van der Waals surface area contributed by atoms with Gasteiger partial charge in [-0.2, -0.15) is 0 Å². The molecule has 0 unspecified atom stereocenters. The molecule has 0 radical (unpaired) electrons. The summed E-state index contributed by atoms with van der Waals surface area (Å²) in [7, 11) is 0. The summed E-state index contributed by atoms with van der Waals surface area (Å²) >= 11 is 0. The quantitative estimate of drug-likeness (QED) is 0.555. The Morgan fingerprint density at radius 1 is 1.36 bits per heavy atom.